The Balaban J connectivity index is 1.17. The summed E-state index contributed by atoms with van der Waals surface area (Å²) >= 11 is 0. The molecular weight excluding hydrogens is 462 g/mol. The first-order valence-electron chi connectivity index (χ1n) is 11.7. The molecule has 0 spiro atoms. The molecule has 5 rings (SSSR count). The Morgan fingerprint density at radius 3 is 2.69 bits per heavy atom. The van der Waals surface area contributed by atoms with Crippen LogP contribution in [0.4, 0.5) is 22.0 Å². The van der Waals surface area contributed by atoms with E-state index in [1.54, 1.807) is 23.1 Å². The zero-order valence-corrected chi connectivity index (χ0v) is 19.8. The van der Waals surface area contributed by atoms with Gasteiger partial charge in [-0.2, -0.15) is 5.10 Å². The van der Waals surface area contributed by atoms with Gasteiger partial charge in [-0.05, 0) is 36.2 Å². The van der Waals surface area contributed by atoms with Crippen LogP contribution in [0, 0.1) is 0 Å². The van der Waals surface area contributed by atoms with Crippen LogP contribution in [0.2, 0.25) is 0 Å². The van der Waals surface area contributed by atoms with Crippen LogP contribution in [-0.2, 0) is 22.6 Å². The molecule has 11 nitrogen and oxygen atoms in total. The Labute approximate surface area is 207 Å². The predicted octanol–water partition coefficient (Wildman–Crippen LogP) is 2.65. The number of ether oxygens (including phenoxy) is 1. The number of hydrogen-bond acceptors (Lipinski definition) is 6. The first kappa shape index (κ1) is 23.4. The van der Waals surface area contributed by atoms with Gasteiger partial charge >= 0.3 is 6.03 Å². The van der Waals surface area contributed by atoms with Crippen molar-refractivity contribution in [1.82, 2.24) is 20.8 Å². The maximum Gasteiger partial charge on any atom is 0.325 e. The van der Waals surface area contributed by atoms with Crippen LogP contribution in [0.5, 0.6) is 5.75 Å². The lowest BCUT2D eigenvalue weighted by Gasteiger charge is -2.16. The number of fused-ring (bicyclic) bond motifs is 1. The van der Waals surface area contributed by atoms with E-state index in [-0.39, 0.29) is 18.2 Å². The number of nitrogens with one attached hydrogen (secondary N) is 5. The maximum absolute atomic E-state index is 12.7. The average Bonchev–Trinajstić information content (AvgIpc) is 3.58. The number of benzene rings is 2. The van der Waals surface area contributed by atoms with Gasteiger partial charge in [-0.25, -0.2) is 4.79 Å². The van der Waals surface area contributed by atoms with E-state index in [2.05, 4.69) is 31.5 Å². The number of carbonyl (C=O) groups is 3. The third-order valence-electron chi connectivity index (χ3n) is 6.25. The molecule has 0 bridgehead atoms. The number of aromatic nitrogens is 2. The SMILES string of the molecule is COc1ccccc1NC(=O)Nc1n[nH]c2c1CNC2NC(=O)Cc1ccc(N2CCCC2=O)cc1. The highest BCUT2D eigenvalue weighted by atomic mass is 16.5. The lowest BCUT2D eigenvalue weighted by atomic mass is 10.1. The normalized spacial score (nSPS) is 16.5. The summed E-state index contributed by atoms with van der Waals surface area (Å²) < 4.78 is 5.25. The molecule has 0 aliphatic carbocycles. The van der Waals surface area contributed by atoms with Gasteiger partial charge in [-0.1, -0.05) is 24.3 Å². The van der Waals surface area contributed by atoms with E-state index in [1.165, 1.54) is 7.11 Å². The average molecular weight is 490 g/mol. The fourth-order valence-corrected chi connectivity index (χ4v) is 4.45. The number of rotatable bonds is 7. The zero-order chi connectivity index (χ0) is 25.1. The van der Waals surface area contributed by atoms with Crippen molar-refractivity contribution in [1.29, 1.82) is 0 Å². The summed E-state index contributed by atoms with van der Waals surface area (Å²) in [5.74, 6) is 0.898. The van der Waals surface area contributed by atoms with E-state index < -0.39 is 12.2 Å². The Kier molecular flexibility index (Phi) is 6.54. The van der Waals surface area contributed by atoms with Gasteiger partial charge in [0.25, 0.3) is 0 Å². The second-order valence-electron chi connectivity index (χ2n) is 8.62. The van der Waals surface area contributed by atoms with Crippen molar-refractivity contribution in [3.63, 3.8) is 0 Å². The quantitative estimate of drug-likeness (QED) is 0.346. The number of hydrogen-bond donors (Lipinski definition) is 5. The monoisotopic (exact) mass is 489 g/mol. The molecule has 1 fully saturated rings. The van der Waals surface area contributed by atoms with Crippen molar-refractivity contribution in [2.75, 3.05) is 29.2 Å². The highest BCUT2D eigenvalue weighted by molar-refractivity contribution is 6.00. The molecule has 11 heteroatoms. The molecule has 0 radical (unpaired) electrons. The molecule has 3 aromatic rings. The summed E-state index contributed by atoms with van der Waals surface area (Å²) in [4.78, 5) is 38.9. The number of aromatic amines is 1. The van der Waals surface area contributed by atoms with Gasteiger partial charge in [0.1, 0.15) is 11.9 Å². The van der Waals surface area contributed by atoms with Crippen LogP contribution in [0.3, 0.4) is 0 Å². The van der Waals surface area contributed by atoms with E-state index in [1.807, 2.05) is 30.3 Å². The second-order valence-corrected chi connectivity index (χ2v) is 8.62. The molecular formula is C25H27N7O4. The van der Waals surface area contributed by atoms with Crippen molar-refractivity contribution in [2.45, 2.75) is 32.0 Å². The van der Waals surface area contributed by atoms with E-state index in [0.717, 1.165) is 29.8 Å². The van der Waals surface area contributed by atoms with Crippen molar-refractivity contribution in [3.8, 4) is 5.75 Å². The van der Waals surface area contributed by atoms with Crippen LogP contribution in [0.15, 0.2) is 48.5 Å². The molecule has 1 unspecified atom stereocenters. The number of nitrogens with zero attached hydrogens (tertiary/aromatic N) is 2. The third kappa shape index (κ3) is 4.86. The summed E-state index contributed by atoms with van der Waals surface area (Å²) in [5.41, 5.74) is 3.71. The van der Waals surface area contributed by atoms with Crippen molar-refractivity contribution >= 4 is 35.0 Å². The van der Waals surface area contributed by atoms with Crippen LogP contribution in [-0.4, -0.2) is 41.7 Å². The van der Waals surface area contributed by atoms with Crippen LogP contribution >= 0.6 is 0 Å². The Morgan fingerprint density at radius 1 is 1.14 bits per heavy atom. The molecule has 2 aliphatic rings. The van der Waals surface area contributed by atoms with Gasteiger partial charge in [-0.3, -0.25) is 25.3 Å². The standard InChI is InChI=1S/C25H27N7O4/c1-36-19-6-3-2-5-18(19)27-25(35)29-23-17-14-26-24(22(17)30-31-23)28-20(33)13-15-8-10-16(11-9-15)32-12-4-7-21(32)34/h2-3,5-6,8-11,24,26H,4,7,12-14H2,1H3,(H,28,33)(H3,27,29,30,31,35). The molecule has 1 saturated heterocycles. The topological polar surface area (TPSA) is 140 Å². The molecule has 0 saturated carbocycles. The summed E-state index contributed by atoms with van der Waals surface area (Å²) in [6.45, 7) is 1.16. The molecule has 36 heavy (non-hydrogen) atoms. The summed E-state index contributed by atoms with van der Waals surface area (Å²) in [6.07, 6.45) is 1.20. The first-order valence-corrected chi connectivity index (χ1v) is 11.7. The first-order chi connectivity index (χ1) is 17.5. The van der Waals surface area contributed by atoms with E-state index in [9.17, 15) is 14.4 Å². The molecule has 5 N–H and O–H groups in total. The van der Waals surface area contributed by atoms with Crippen molar-refractivity contribution < 1.29 is 19.1 Å². The summed E-state index contributed by atoms with van der Waals surface area (Å²) in [6, 6.07) is 14.1. The number of carbonyl (C=O) groups excluding carboxylic acids is 3. The smallest absolute Gasteiger partial charge is 0.325 e. The molecule has 2 aliphatic heterocycles. The van der Waals surface area contributed by atoms with Gasteiger partial charge in [-0.15, -0.1) is 0 Å². The molecule has 4 amide bonds. The molecule has 1 atom stereocenters. The number of urea groups is 1. The third-order valence-corrected chi connectivity index (χ3v) is 6.25. The number of anilines is 3. The Bertz CT molecular complexity index is 1290. The zero-order valence-electron chi connectivity index (χ0n) is 19.8. The molecule has 1 aromatic heterocycles. The van der Waals surface area contributed by atoms with Crippen molar-refractivity contribution in [3.05, 3.63) is 65.4 Å². The van der Waals surface area contributed by atoms with Gasteiger partial charge in [0.05, 0.1) is 24.9 Å². The molecule has 186 valence electrons. The Morgan fingerprint density at radius 2 is 1.94 bits per heavy atom. The fourth-order valence-electron chi connectivity index (χ4n) is 4.45. The van der Waals surface area contributed by atoms with Gasteiger partial charge in [0.15, 0.2) is 5.82 Å². The second kappa shape index (κ2) is 10.1. The van der Waals surface area contributed by atoms with E-state index >= 15 is 0 Å². The summed E-state index contributed by atoms with van der Waals surface area (Å²) in [7, 11) is 1.53. The van der Waals surface area contributed by atoms with E-state index in [0.29, 0.717) is 35.9 Å². The van der Waals surface area contributed by atoms with Crippen molar-refractivity contribution in [2.24, 2.45) is 0 Å². The summed E-state index contributed by atoms with van der Waals surface area (Å²) in [5, 5.41) is 18.8. The van der Waals surface area contributed by atoms with E-state index in [4.69, 9.17) is 4.74 Å². The highest BCUT2D eigenvalue weighted by Crippen LogP contribution is 2.28. The lowest BCUT2D eigenvalue weighted by molar-refractivity contribution is -0.121. The van der Waals surface area contributed by atoms with Crippen LogP contribution in [0.1, 0.15) is 35.8 Å². The lowest BCUT2D eigenvalue weighted by Crippen LogP contribution is -2.35. The number of para-hydroxylation sites is 2. The van der Waals surface area contributed by atoms with Crippen LogP contribution in [0.25, 0.3) is 0 Å². The minimum Gasteiger partial charge on any atom is -0.495 e. The Hall–Kier alpha value is -4.38. The highest BCUT2D eigenvalue weighted by Gasteiger charge is 2.29. The largest absolute Gasteiger partial charge is 0.495 e. The van der Waals surface area contributed by atoms with Gasteiger partial charge in [0, 0.05) is 30.8 Å². The minimum absolute atomic E-state index is 0.134. The minimum atomic E-state index is -0.458. The predicted molar refractivity (Wildman–Crippen MR) is 134 cm³/mol. The molecule has 3 heterocycles. The number of methoxy groups -OCH3 is 1. The van der Waals surface area contributed by atoms with Gasteiger partial charge < -0.3 is 20.3 Å². The maximum atomic E-state index is 12.7. The number of amides is 4. The molecule has 2 aromatic carbocycles. The fraction of sp³-hybridized carbons (Fsp3) is 0.280. The number of H-pyrrole nitrogens is 1. The van der Waals surface area contributed by atoms with Crippen LogP contribution < -0.4 is 30.9 Å². The van der Waals surface area contributed by atoms with Gasteiger partial charge in [0.2, 0.25) is 11.8 Å².